The van der Waals surface area contributed by atoms with Gasteiger partial charge in [-0.2, -0.15) is 0 Å². The predicted molar refractivity (Wildman–Crippen MR) is 54.4 cm³/mol. The number of hydrogen-bond acceptors (Lipinski definition) is 4. The number of hydrogen-bond donors (Lipinski definition) is 2. The average molecular weight is 234 g/mol. The van der Waals surface area contributed by atoms with E-state index in [0.717, 1.165) is 6.26 Å². The third kappa shape index (κ3) is 2.48. The summed E-state index contributed by atoms with van der Waals surface area (Å²) >= 11 is 5.60. The minimum Gasteiger partial charge on any atom is -0.423 e. The lowest BCUT2D eigenvalue weighted by Crippen LogP contribution is -2.34. The van der Waals surface area contributed by atoms with Crippen LogP contribution in [0.5, 0.6) is 0 Å². The number of sulfone groups is 1. The Balaban J connectivity index is 3.46. The molecule has 76 valence electrons. The van der Waals surface area contributed by atoms with Gasteiger partial charge in [0.05, 0.1) is 4.90 Å². The van der Waals surface area contributed by atoms with E-state index in [2.05, 4.69) is 0 Å². The standard InChI is InChI=1S/C7H8BClO4S/c1-14(12,13)7-4-5(9)2-3-6(7)8(10)11/h2-4,10-11H,1H3. The van der Waals surface area contributed by atoms with Crippen molar-refractivity contribution in [2.45, 2.75) is 4.90 Å². The Morgan fingerprint density at radius 3 is 2.36 bits per heavy atom. The molecule has 0 aliphatic heterocycles. The fourth-order valence-corrected chi connectivity index (χ4v) is 2.22. The fraction of sp³-hybridized carbons (Fsp3) is 0.143. The minimum atomic E-state index is -3.51. The van der Waals surface area contributed by atoms with Crippen molar-refractivity contribution in [2.24, 2.45) is 0 Å². The van der Waals surface area contributed by atoms with Gasteiger partial charge in [0.25, 0.3) is 0 Å². The zero-order chi connectivity index (χ0) is 10.9. The molecule has 0 atom stereocenters. The zero-order valence-corrected chi connectivity index (χ0v) is 8.88. The summed E-state index contributed by atoms with van der Waals surface area (Å²) in [5, 5.41) is 18.0. The topological polar surface area (TPSA) is 74.6 Å². The molecule has 0 aromatic heterocycles. The van der Waals surface area contributed by atoms with Crippen LogP contribution >= 0.6 is 11.6 Å². The van der Waals surface area contributed by atoms with Gasteiger partial charge in [0, 0.05) is 16.7 Å². The quantitative estimate of drug-likeness (QED) is 0.672. The Bertz CT molecular complexity index is 443. The van der Waals surface area contributed by atoms with Gasteiger partial charge < -0.3 is 10.0 Å². The molecule has 1 aromatic rings. The largest absolute Gasteiger partial charge is 0.489 e. The van der Waals surface area contributed by atoms with E-state index in [9.17, 15) is 8.42 Å². The fourth-order valence-electron chi connectivity index (χ4n) is 1.04. The van der Waals surface area contributed by atoms with Crippen LogP contribution < -0.4 is 5.46 Å². The van der Waals surface area contributed by atoms with Crippen LogP contribution in [0.4, 0.5) is 0 Å². The van der Waals surface area contributed by atoms with E-state index in [0.29, 0.717) is 0 Å². The van der Waals surface area contributed by atoms with E-state index in [4.69, 9.17) is 21.6 Å². The molecular weight excluding hydrogens is 226 g/mol. The molecule has 0 aliphatic carbocycles. The summed E-state index contributed by atoms with van der Waals surface area (Å²) in [6, 6.07) is 3.85. The molecule has 0 fully saturated rings. The second-order valence-corrected chi connectivity index (χ2v) is 5.25. The molecule has 0 heterocycles. The van der Waals surface area contributed by atoms with Crippen LogP contribution in [0, 0.1) is 0 Å². The summed E-state index contributed by atoms with van der Waals surface area (Å²) in [5.41, 5.74) is -0.0723. The molecular formula is C7H8BClO4S. The summed E-state index contributed by atoms with van der Waals surface area (Å²) in [4.78, 5) is -0.167. The van der Waals surface area contributed by atoms with E-state index in [-0.39, 0.29) is 15.4 Å². The van der Waals surface area contributed by atoms with Crippen molar-refractivity contribution in [3.63, 3.8) is 0 Å². The van der Waals surface area contributed by atoms with E-state index in [1.165, 1.54) is 18.2 Å². The molecule has 0 aliphatic rings. The smallest absolute Gasteiger partial charge is 0.423 e. The Morgan fingerprint density at radius 1 is 1.36 bits per heavy atom. The highest BCUT2D eigenvalue weighted by molar-refractivity contribution is 7.91. The Hall–Kier alpha value is -0.555. The van der Waals surface area contributed by atoms with Gasteiger partial charge in [-0.1, -0.05) is 17.7 Å². The first-order valence-corrected chi connectivity index (χ1v) is 5.95. The normalized spacial score (nSPS) is 11.4. The Labute approximate surface area is 87.2 Å². The first-order valence-electron chi connectivity index (χ1n) is 3.68. The van der Waals surface area contributed by atoms with Crippen molar-refractivity contribution in [1.82, 2.24) is 0 Å². The van der Waals surface area contributed by atoms with Gasteiger partial charge in [-0.3, -0.25) is 0 Å². The van der Waals surface area contributed by atoms with Crippen LogP contribution in [0.3, 0.4) is 0 Å². The molecule has 0 saturated heterocycles. The van der Waals surface area contributed by atoms with Gasteiger partial charge in [-0.25, -0.2) is 8.42 Å². The van der Waals surface area contributed by atoms with E-state index in [1.807, 2.05) is 0 Å². The van der Waals surface area contributed by atoms with Crippen molar-refractivity contribution in [3.8, 4) is 0 Å². The summed E-state index contributed by atoms with van der Waals surface area (Å²) in [7, 11) is -5.33. The molecule has 0 bridgehead atoms. The van der Waals surface area contributed by atoms with Crippen LogP contribution in [-0.4, -0.2) is 31.8 Å². The number of benzene rings is 1. The number of rotatable bonds is 2. The minimum absolute atomic E-state index is 0.0723. The lowest BCUT2D eigenvalue weighted by molar-refractivity contribution is 0.424. The van der Waals surface area contributed by atoms with Gasteiger partial charge >= 0.3 is 7.12 Å². The van der Waals surface area contributed by atoms with Crippen LogP contribution in [-0.2, 0) is 9.84 Å². The summed E-state index contributed by atoms with van der Waals surface area (Å²) in [6.07, 6.45) is 0.977. The molecule has 0 saturated carbocycles. The summed E-state index contributed by atoms with van der Waals surface area (Å²) < 4.78 is 22.5. The van der Waals surface area contributed by atoms with Crippen molar-refractivity contribution >= 4 is 34.0 Å². The molecule has 0 radical (unpaired) electrons. The molecule has 4 nitrogen and oxygen atoms in total. The third-order valence-electron chi connectivity index (χ3n) is 1.65. The zero-order valence-electron chi connectivity index (χ0n) is 7.31. The highest BCUT2D eigenvalue weighted by atomic mass is 35.5. The maximum Gasteiger partial charge on any atom is 0.489 e. The lowest BCUT2D eigenvalue weighted by atomic mass is 9.80. The molecule has 0 unspecified atom stereocenters. The van der Waals surface area contributed by atoms with E-state index < -0.39 is 17.0 Å². The molecule has 7 heteroatoms. The molecule has 1 rings (SSSR count). The highest BCUT2D eigenvalue weighted by Crippen LogP contribution is 2.13. The first kappa shape index (κ1) is 11.5. The van der Waals surface area contributed by atoms with Gasteiger partial charge in [0.2, 0.25) is 0 Å². The van der Waals surface area contributed by atoms with Crippen LogP contribution in [0.2, 0.25) is 5.02 Å². The summed E-state index contributed by atoms with van der Waals surface area (Å²) in [6.45, 7) is 0. The van der Waals surface area contributed by atoms with Crippen molar-refractivity contribution in [2.75, 3.05) is 6.26 Å². The van der Waals surface area contributed by atoms with Gasteiger partial charge in [-0.05, 0) is 12.1 Å². The van der Waals surface area contributed by atoms with Crippen molar-refractivity contribution in [1.29, 1.82) is 0 Å². The first-order chi connectivity index (χ1) is 6.32. The van der Waals surface area contributed by atoms with Crippen LogP contribution in [0.1, 0.15) is 0 Å². The third-order valence-corrected chi connectivity index (χ3v) is 3.04. The molecule has 2 N–H and O–H groups in total. The number of halogens is 1. The summed E-state index contributed by atoms with van der Waals surface area (Å²) in [5.74, 6) is 0. The van der Waals surface area contributed by atoms with Gasteiger partial charge in [0.1, 0.15) is 0 Å². The average Bonchev–Trinajstić information content (AvgIpc) is 2.01. The Kier molecular flexibility index (Phi) is 3.21. The van der Waals surface area contributed by atoms with Gasteiger partial charge in [-0.15, -0.1) is 0 Å². The Morgan fingerprint density at radius 2 is 1.93 bits per heavy atom. The van der Waals surface area contributed by atoms with E-state index in [1.54, 1.807) is 0 Å². The monoisotopic (exact) mass is 234 g/mol. The molecule has 0 spiro atoms. The second kappa shape index (κ2) is 3.90. The molecule has 14 heavy (non-hydrogen) atoms. The maximum atomic E-state index is 11.2. The van der Waals surface area contributed by atoms with Crippen molar-refractivity contribution < 1.29 is 18.5 Å². The van der Waals surface area contributed by atoms with Gasteiger partial charge in [0.15, 0.2) is 9.84 Å². The molecule has 1 aromatic carbocycles. The van der Waals surface area contributed by atoms with Crippen molar-refractivity contribution in [3.05, 3.63) is 23.2 Å². The highest BCUT2D eigenvalue weighted by Gasteiger charge is 2.21. The van der Waals surface area contributed by atoms with Crippen LogP contribution in [0.25, 0.3) is 0 Å². The molecule has 0 amide bonds. The van der Waals surface area contributed by atoms with E-state index >= 15 is 0 Å². The predicted octanol–water partition coefficient (Wildman–Crippen LogP) is -0.577. The SMILES string of the molecule is CS(=O)(=O)c1cc(Cl)ccc1B(O)O. The second-order valence-electron chi connectivity index (χ2n) is 2.83. The maximum absolute atomic E-state index is 11.2. The van der Waals surface area contributed by atoms with Crippen LogP contribution in [0.15, 0.2) is 23.1 Å². The lowest BCUT2D eigenvalue weighted by Gasteiger charge is -2.06.